The van der Waals surface area contributed by atoms with E-state index in [1.54, 1.807) is 11.3 Å². The van der Waals surface area contributed by atoms with E-state index in [0.717, 1.165) is 10.7 Å². The van der Waals surface area contributed by atoms with Gasteiger partial charge in [-0.25, -0.2) is 4.98 Å². The maximum atomic E-state index is 11.0. The van der Waals surface area contributed by atoms with Crippen LogP contribution in [0.3, 0.4) is 0 Å². The van der Waals surface area contributed by atoms with Gasteiger partial charge < -0.3 is 11.1 Å². The van der Waals surface area contributed by atoms with Crippen molar-refractivity contribution in [2.45, 2.75) is 19.9 Å². The van der Waals surface area contributed by atoms with Crippen LogP contribution in [0.2, 0.25) is 0 Å². The van der Waals surface area contributed by atoms with Gasteiger partial charge in [-0.2, -0.15) is 0 Å². The van der Waals surface area contributed by atoms with E-state index in [0.29, 0.717) is 19.5 Å². The quantitative estimate of drug-likeness (QED) is 0.738. The lowest BCUT2D eigenvalue weighted by Crippen LogP contribution is -2.25. The van der Waals surface area contributed by atoms with Crippen LogP contribution < -0.4 is 11.1 Å². The predicted molar refractivity (Wildman–Crippen MR) is 52.4 cm³/mol. The number of hydrogen-bond acceptors (Lipinski definition) is 4. The molecule has 0 fully saturated rings. The van der Waals surface area contributed by atoms with Gasteiger partial charge in [0.2, 0.25) is 5.91 Å². The molecule has 0 bridgehead atoms. The molecule has 1 aromatic heterocycles. The number of thiazole rings is 1. The van der Waals surface area contributed by atoms with Gasteiger partial charge in [0.1, 0.15) is 0 Å². The van der Waals surface area contributed by atoms with Crippen LogP contribution in [0, 0.1) is 6.92 Å². The third-order valence-electron chi connectivity index (χ3n) is 1.50. The van der Waals surface area contributed by atoms with E-state index in [9.17, 15) is 4.79 Å². The fourth-order valence-corrected chi connectivity index (χ4v) is 1.51. The molecule has 0 aliphatic heterocycles. The summed E-state index contributed by atoms with van der Waals surface area (Å²) < 4.78 is 0. The van der Waals surface area contributed by atoms with Crippen molar-refractivity contribution < 1.29 is 4.79 Å². The Labute approximate surface area is 81.2 Å². The van der Waals surface area contributed by atoms with Gasteiger partial charge in [0.05, 0.1) is 17.2 Å². The van der Waals surface area contributed by atoms with E-state index in [2.05, 4.69) is 10.3 Å². The van der Waals surface area contributed by atoms with Crippen molar-refractivity contribution in [3.05, 3.63) is 16.1 Å². The summed E-state index contributed by atoms with van der Waals surface area (Å²) in [5, 5.41) is 5.70. The van der Waals surface area contributed by atoms with Gasteiger partial charge in [-0.1, -0.05) is 0 Å². The second-order valence-corrected chi connectivity index (χ2v) is 3.74. The number of carbonyl (C=O) groups excluding carboxylic acids is 1. The fourth-order valence-electron chi connectivity index (χ4n) is 0.898. The third kappa shape index (κ3) is 3.52. The summed E-state index contributed by atoms with van der Waals surface area (Å²) in [5.41, 5.74) is 6.14. The Morgan fingerprint density at radius 2 is 2.54 bits per heavy atom. The summed E-state index contributed by atoms with van der Waals surface area (Å²) in [6.07, 6.45) is 0.378. The number of carbonyl (C=O) groups is 1. The van der Waals surface area contributed by atoms with Crippen molar-refractivity contribution in [1.29, 1.82) is 0 Å². The van der Waals surface area contributed by atoms with Crippen LogP contribution in [0.5, 0.6) is 0 Å². The van der Waals surface area contributed by atoms with Crippen molar-refractivity contribution >= 4 is 17.2 Å². The summed E-state index contributed by atoms with van der Waals surface area (Å²) >= 11 is 1.58. The SMILES string of the molecule is Cc1nc(CNC(=O)CCN)cs1. The van der Waals surface area contributed by atoms with Crippen LogP contribution >= 0.6 is 11.3 Å². The molecule has 0 spiro atoms. The highest BCUT2D eigenvalue weighted by Crippen LogP contribution is 2.06. The highest BCUT2D eigenvalue weighted by molar-refractivity contribution is 7.09. The molecule has 0 saturated heterocycles. The first-order valence-corrected chi connectivity index (χ1v) is 4.98. The molecule has 0 atom stereocenters. The topological polar surface area (TPSA) is 68.0 Å². The molecule has 0 saturated carbocycles. The normalized spacial score (nSPS) is 10.0. The molecule has 0 aromatic carbocycles. The molecule has 0 aliphatic carbocycles. The van der Waals surface area contributed by atoms with Gasteiger partial charge in [-0.05, 0) is 6.92 Å². The van der Waals surface area contributed by atoms with E-state index in [-0.39, 0.29) is 5.91 Å². The van der Waals surface area contributed by atoms with Crippen molar-refractivity contribution in [2.24, 2.45) is 5.73 Å². The summed E-state index contributed by atoms with van der Waals surface area (Å²) in [6.45, 7) is 2.83. The van der Waals surface area contributed by atoms with Crippen LogP contribution in [0.25, 0.3) is 0 Å². The molecular formula is C8H13N3OS. The fraction of sp³-hybridized carbons (Fsp3) is 0.500. The lowest BCUT2D eigenvalue weighted by atomic mass is 10.4. The molecule has 1 amide bonds. The summed E-state index contributed by atoms with van der Waals surface area (Å²) in [6, 6.07) is 0. The smallest absolute Gasteiger partial charge is 0.221 e. The Bertz CT molecular complexity index is 285. The Balaban J connectivity index is 2.30. The number of nitrogens with two attached hydrogens (primary N) is 1. The van der Waals surface area contributed by atoms with Gasteiger partial charge in [-0.3, -0.25) is 4.79 Å². The van der Waals surface area contributed by atoms with E-state index in [1.807, 2.05) is 12.3 Å². The maximum absolute atomic E-state index is 11.0. The molecule has 13 heavy (non-hydrogen) atoms. The summed E-state index contributed by atoms with van der Waals surface area (Å²) in [5.74, 6) is -0.0202. The Morgan fingerprint density at radius 3 is 3.08 bits per heavy atom. The van der Waals surface area contributed by atoms with E-state index < -0.39 is 0 Å². The molecule has 0 aliphatic rings. The first-order valence-electron chi connectivity index (χ1n) is 4.10. The standard InChI is InChI=1S/C8H13N3OS/c1-6-11-7(5-13-6)4-10-8(12)2-3-9/h5H,2-4,9H2,1H3,(H,10,12). The van der Waals surface area contributed by atoms with E-state index in [1.165, 1.54) is 0 Å². The molecule has 1 aromatic rings. The average molecular weight is 199 g/mol. The Hall–Kier alpha value is -0.940. The molecule has 0 radical (unpaired) electrons. The van der Waals surface area contributed by atoms with Crippen LogP contribution in [0.4, 0.5) is 0 Å². The number of aryl methyl sites for hydroxylation is 1. The minimum Gasteiger partial charge on any atom is -0.350 e. The summed E-state index contributed by atoms with van der Waals surface area (Å²) in [7, 11) is 0. The predicted octanol–water partition coefficient (Wildman–Crippen LogP) is 0.417. The zero-order chi connectivity index (χ0) is 9.68. The minimum absolute atomic E-state index is 0.0202. The molecule has 1 rings (SSSR count). The largest absolute Gasteiger partial charge is 0.350 e. The van der Waals surface area contributed by atoms with Gasteiger partial charge in [0.15, 0.2) is 0 Å². The number of hydrogen-bond donors (Lipinski definition) is 2. The molecule has 0 unspecified atom stereocenters. The molecule has 3 N–H and O–H groups in total. The van der Waals surface area contributed by atoms with Gasteiger partial charge in [-0.15, -0.1) is 11.3 Å². The third-order valence-corrected chi connectivity index (χ3v) is 2.33. The van der Waals surface area contributed by atoms with Crippen LogP contribution in [-0.4, -0.2) is 17.4 Å². The monoisotopic (exact) mass is 199 g/mol. The highest BCUT2D eigenvalue weighted by atomic mass is 32.1. The van der Waals surface area contributed by atoms with Gasteiger partial charge in [0, 0.05) is 18.3 Å². The molecule has 5 heteroatoms. The average Bonchev–Trinajstić information content (AvgIpc) is 2.49. The molecule has 4 nitrogen and oxygen atoms in total. The molecule has 72 valence electrons. The van der Waals surface area contributed by atoms with E-state index in [4.69, 9.17) is 5.73 Å². The first-order chi connectivity index (χ1) is 6.22. The number of amides is 1. The lowest BCUT2D eigenvalue weighted by molar-refractivity contribution is -0.121. The molecular weight excluding hydrogens is 186 g/mol. The van der Waals surface area contributed by atoms with Crippen LogP contribution in [0.1, 0.15) is 17.1 Å². The number of nitrogens with zero attached hydrogens (tertiary/aromatic N) is 1. The van der Waals surface area contributed by atoms with Gasteiger partial charge in [0.25, 0.3) is 0 Å². The van der Waals surface area contributed by atoms with Crippen LogP contribution in [0.15, 0.2) is 5.38 Å². The minimum atomic E-state index is -0.0202. The number of nitrogens with one attached hydrogen (secondary N) is 1. The van der Waals surface area contributed by atoms with Gasteiger partial charge >= 0.3 is 0 Å². The van der Waals surface area contributed by atoms with Crippen molar-refractivity contribution in [3.63, 3.8) is 0 Å². The van der Waals surface area contributed by atoms with Crippen molar-refractivity contribution in [2.75, 3.05) is 6.54 Å². The Morgan fingerprint density at radius 1 is 1.77 bits per heavy atom. The zero-order valence-electron chi connectivity index (χ0n) is 7.54. The highest BCUT2D eigenvalue weighted by Gasteiger charge is 2.01. The van der Waals surface area contributed by atoms with Crippen molar-refractivity contribution in [3.8, 4) is 0 Å². The van der Waals surface area contributed by atoms with Crippen LogP contribution in [-0.2, 0) is 11.3 Å². The maximum Gasteiger partial charge on any atom is 0.221 e. The Kier molecular flexibility index (Phi) is 3.85. The zero-order valence-corrected chi connectivity index (χ0v) is 8.36. The molecule has 1 heterocycles. The second kappa shape index (κ2) is 4.94. The second-order valence-electron chi connectivity index (χ2n) is 2.67. The van der Waals surface area contributed by atoms with E-state index >= 15 is 0 Å². The number of rotatable bonds is 4. The summed E-state index contributed by atoms with van der Waals surface area (Å²) in [4.78, 5) is 15.2. The lowest BCUT2D eigenvalue weighted by Gasteiger charge is -2.00. The number of aromatic nitrogens is 1. The van der Waals surface area contributed by atoms with Crippen molar-refractivity contribution in [1.82, 2.24) is 10.3 Å². The first kappa shape index (κ1) is 10.1.